The molecule has 0 fully saturated rings. The summed E-state index contributed by atoms with van der Waals surface area (Å²) >= 11 is 0. The van der Waals surface area contributed by atoms with E-state index in [-0.39, 0.29) is 0 Å². The van der Waals surface area contributed by atoms with Crippen LogP contribution in [0.4, 0.5) is 0 Å². The van der Waals surface area contributed by atoms with Crippen molar-refractivity contribution < 1.29 is 4.74 Å². The molecule has 1 nitrogen and oxygen atoms in total. The fraction of sp³-hybridized carbons (Fsp3) is 0.455. The number of hydrogen-bond donors (Lipinski definition) is 0. The predicted molar refractivity (Wildman–Crippen MR) is 51.8 cm³/mol. The first-order valence-corrected chi connectivity index (χ1v) is 4.30. The molecular weight excluding hydrogens is 148 g/mol. The van der Waals surface area contributed by atoms with Crippen LogP contribution in [0.15, 0.2) is 18.2 Å². The number of benzene rings is 1. The lowest BCUT2D eigenvalue weighted by molar-refractivity contribution is 0.410. The molecule has 0 saturated heterocycles. The third kappa shape index (κ3) is 1.60. The summed E-state index contributed by atoms with van der Waals surface area (Å²) in [6.07, 6.45) is 0. The predicted octanol–water partition coefficient (Wildman–Crippen LogP) is 3.13. The van der Waals surface area contributed by atoms with E-state index in [0.29, 0.717) is 5.92 Å². The molecule has 0 aliphatic carbocycles. The van der Waals surface area contributed by atoms with Gasteiger partial charge in [0.25, 0.3) is 0 Å². The molecule has 66 valence electrons. The van der Waals surface area contributed by atoms with Crippen LogP contribution in [0.25, 0.3) is 0 Å². The standard InChI is InChI=1S/C11H16O/c1-8(2)10-6-5-7-11(12-4)9(10)3/h5-8H,1-4H3. The minimum absolute atomic E-state index is 0.570. The van der Waals surface area contributed by atoms with Crippen molar-refractivity contribution in [3.8, 4) is 5.75 Å². The van der Waals surface area contributed by atoms with Crippen molar-refractivity contribution >= 4 is 0 Å². The fourth-order valence-electron chi connectivity index (χ4n) is 1.48. The van der Waals surface area contributed by atoms with Gasteiger partial charge in [0.1, 0.15) is 5.75 Å². The third-order valence-electron chi connectivity index (χ3n) is 2.17. The van der Waals surface area contributed by atoms with Crippen LogP contribution in [0.1, 0.15) is 30.9 Å². The molecule has 0 spiro atoms. The van der Waals surface area contributed by atoms with E-state index in [9.17, 15) is 0 Å². The molecular formula is C11H16O. The average molecular weight is 164 g/mol. The molecule has 1 rings (SSSR count). The highest BCUT2D eigenvalue weighted by molar-refractivity contribution is 5.40. The molecule has 0 aromatic heterocycles. The Bertz CT molecular complexity index is 264. The number of methoxy groups -OCH3 is 1. The van der Waals surface area contributed by atoms with Gasteiger partial charge in [0, 0.05) is 0 Å². The van der Waals surface area contributed by atoms with Gasteiger partial charge in [0.05, 0.1) is 7.11 Å². The molecule has 1 aromatic rings. The summed E-state index contributed by atoms with van der Waals surface area (Å²) in [6.45, 7) is 6.50. The van der Waals surface area contributed by atoms with E-state index < -0.39 is 0 Å². The van der Waals surface area contributed by atoms with Gasteiger partial charge in [-0.3, -0.25) is 0 Å². The maximum Gasteiger partial charge on any atom is 0.122 e. The second-order valence-electron chi connectivity index (χ2n) is 3.33. The first-order chi connectivity index (χ1) is 5.66. The monoisotopic (exact) mass is 164 g/mol. The molecule has 0 aliphatic rings. The van der Waals surface area contributed by atoms with Gasteiger partial charge >= 0.3 is 0 Å². The molecule has 12 heavy (non-hydrogen) atoms. The fourth-order valence-corrected chi connectivity index (χ4v) is 1.48. The van der Waals surface area contributed by atoms with Gasteiger partial charge in [-0.15, -0.1) is 0 Å². The Morgan fingerprint density at radius 1 is 1.25 bits per heavy atom. The lowest BCUT2D eigenvalue weighted by Crippen LogP contribution is -1.94. The summed E-state index contributed by atoms with van der Waals surface area (Å²) in [5.41, 5.74) is 2.63. The molecule has 0 aliphatic heterocycles. The molecule has 0 heterocycles. The largest absolute Gasteiger partial charge is 0.496 e. The second kappa shape index (κ2) is 3.61. The summed E-state index contributed by atoms with van der Waals surface area (Å²) in [7, 11) is 1.71. The Morgan fingerprint density at radius 3 is 2.42 bits per heavy atom. The Labute approximate surface area is 74.4 Å². The van der Waals surface area contributed by atoms with Crippen LogP contribution in [0.3, 0.4) is 0 Å². The SMILES string of the molecule is COc1cccc(C(C)C)c1C. The molecule has 0 radical (unpaired) electrons. The molecule has 0 N–H and O–H groups in total. The number of ether oxygens (including phenoxy) is 1. The molecule has 1 aromatic carbocycles. The molecule has 1 heteroatoms. The van der Waals surface area contributed by atoms with E-state index in [1.54, 1.807) is 7.11 Å². The zero-order valence-electron chi connectivity index (χ0n) is 8.22. The number of hydrogen-bond acceptors (Lipinski definition) is 1. The van der Waals surface area contributed by atoms with Crippen LogP contribution >= 0.6 is 0 Å². The Balaban J connectivity index is 3.14. The lowest BCUT2D eigenvalue weighted by Gasteiger charge is -2.12. The van der Waals surface area contributed by atoms with Gasteiger partial charge in [0.15, 0.2) is 0 Å². The highest BCUT2D eigenvalue weighted by Gasteiger charge is 2.06. The van der Waals surface area contributed by atoms with Crippen LogP contribution < -0.4 is 4.74 Å². The minimum Gasteiger partial charge on any atom is -0.496 e. The van der Waals surface area contributed by atoms with E-state index in [2.05, 4.69) is 26.8 Å². The Kier molecular flexibility index (Phi) is 2.74. The van der Waals surface area contributed by atoms with Crippen molar-refractivity contribution in [2.24, 2.45) is 0 Å². The van der Waals surface area contributed by atoms with Crippen molar-refractivity contribution in [3.63, 3.8) is 0 Å². The van der Waals surface area contributed by atoms with Crippen molar-refractivity contribution in [3.05, 3.63) is 29.3 Å². The van der Waals surface area contributed by atoms with E-state index in [4.69, 9.17) is 4.74 Å². The van der Waals surface area contributed by atoms with Gasteiger partial charge < -0.3 is 4.74 Å². The summed E-state index contributed by atoms with van der Waals surface area (Å²) in [4.78, 5) is 0. The van der Waals surface area contributed by atoms with Crippen LogP contribution in [-0.4, -0.2) is 7.11 Å². The van der Waals surface area contributed by atoms with Gasteiger partial charge in [-0.05, 0) is 30.0 Å². The van der Waals surface area contributed by atoms with E-state index >= 15 is 0 Å². The third-order valence-corrected chi connectivity index (χ3v) is 2.17. The van der Waals surface area contributed by atoms with Crippen molar-refractivity contribution in [1.29, 1.82) is 0 Å². The van der Waals surface area contributed by atoms with Gasteiger partial charge in [-0.2, -0.15) is 0 Å². The summed E-state index contributed by atoms with van der Waals surface area (Å²) < 4.78 is 5.24. The summed E-state index contributed by atoms with van der Waals surface area (Å²) in [5, 5.41) is 0. The highest BCUT2D eigenvalue weighted by atomic mass is 16.5. The van der Waals surface area contributed by atoms with E-state index in [1.165, 1.54) is 11.1 Å². The smallest absolute Gasteiger partial charge is 0.122 e. The van der Waals surface area contributed by atoms with Crippen LogP contribution in [0.5, 0.6) is 5.75 Å². The molecule has 0 atom stereocenters. The normalized spacial score (nSPS) is 10.4. The Hall–Kier alpha value is -0.980. The van der Waals surface area contributed by atoms with Gasteiger partial charge in [-0.1, -0.05) is 26.0 Å². The topological polar surface area (TPSA) is 9.23 Å². The van der Waals surface area contributed by atoms with Crippen molar-refractivity contribution in [2.45, 2.75) is 26.7 Å². The highest BCUT2D eigenvalue weighted by Crippen LogP contribution is 2.26. The number of rotatable bonds is 2. The maximum atomic E-state index is 5.24. The summed E-state index contributed by atoms with van der Waals surface area (Å²) in [5.74, 6) is 1.56. The molecule has 0 unspecified atom stereocenters. The quantitative estimate of drug-likeness (QED) is 0.652. The minimum atomic E-state index is 0.570. The van der Waals surface area contributed by atoms with E-state index in [0.717, 1.165) is 5.75 Å². The molecule has 0 amide bonds. The van der Waals surface area contributed by atoms with Crippen LogP contribution in [0, 0.1) is 6.92 Å². The van der Waals surface area contributed by atoms with Crippen molar-refractivity contribution in [1.82, 2.24) is 0 Å². The Morgan fingerprint density at radius 2 is 1.92 bits per heavy atom. The first kappa shape index (κ1) is 9.11. The zero-order chi connectivity index (χ0) is 9.14. The van der Waals surface area contributed by atoms with Crippen LogP contribution in [-0.2, 0) is 0 Å². The zero-order valence-corrected chi connectivity index (χ0v) is 8.22. The van der Waals surface area contributed by atoms with Gasteiger partial charge in [0.2, 0.25) is 0 Å². The lowest BCUT2D eigenvalue weighted by atomic mass is 9.98. The maximum absolute atomic E-state index is 5.24. The van der Waals surface area contributed by atoms with E-state index in [1.807, 2.05) is 12.1 Å². The molecule has 0 saturated carbocycles. The first-order valence-electron chi connectivity index (χ1n) is 4.30. The second-order valence-corrected chi connectivity index (χ2v) is 3.33. The average Bonchev–Trinajstić information content (AvgIpc) is 2.04. The van der Waals surface area contributed by atoms with Gasteiger partial charge in [-0.25, -0.2) is 0 Å². The van der Waals surface area contributed by atoms with Crippen LogP contribution in [0.2, 0.25) is 0 Å². The summed E-state index contributed by atoms with van der Waals surface area (Å²) in [6, 6.07) is 6.20. The van der Waals surface area contributed by atoms with Crippen molar-refractivity contribution in [2.75, 3.05) is 7.11 Å². The molecule has 0 bridgehead atoms.